The molecular formula is C13H17NO5S. The lowest BCUT2D eigenvalue weighted by molar-refractivity contribution is 0.0696. The third-order valence-corrected chi connectivity index (χ3v) is 4.95. The van der Waals surface area contributed by atoms with E-state index in [4.69, 9.17) is 5.11 Å². The fraction of sp³-hybridized carbons (Fsp3) is 0.462. The van der Waals surface area contributed by atoms with Gasteiger partial charge < -0.3 is 10.2 Å². The standard InChI is InChI=1S/C13H17NO5S/c15-12-4-2-1-3-11(12)14-20(18,19)10-7-5-9(6-8-10)13(16)17/h5-8,11-12,14-15H,1-4H2,(H,16,17)/t11-,12-/m1/s1. The molecule has 1 aromatic rings. The van der Waals surface area contributed by atoms with E-state index in [1.807, 2.05) is 0 Å². The van der Waals surface area contributed by atoms with Crippen molar-refractivity contribution in [1.29, 1.82) is 0 Å². The Labute approximate surface area is 117 Å². The number of carboxylic acids is 1. The molecule has 0 spiro atoms. The predicted octanol–water partition coefficient (Wildman–Crippen LogP) is 0.967. The highest BCUT2D eigenvalue weighted by molar-refractivity contribution is 7.89. The summed E-state index contributed by atoms with van der Waals surface area (Å²) in [7, 11) is -3.74. The van der Waals surface area contributed by atoms with Gasteiger partial charge in [-0.05, 0) is 37.1 Å². The molecule has 1 saturated carbocycles. The molecular weight excluding hydrogens is 282 g/mol. The Hall–Kier alpha value is -1.44. The first-order valence-corrected chi connectivity index (χ1v) is 7.92. The van der Waals surface area contributed by atoms with Crippen LogP contribution in [-0.2, 0) is 10.0 Å². The Morgan fingerprint density at radius 3 is 2.30 bits per heavy atom. The molecule has 0 heterocycles. The van der Waals surface area contributed by atoms with Gasteiger partial charge in [-0.25, -0.2) is 17.9 Å². The highest BCUT2D eigenvalue weighted by Crippen LogP contribution is 2.20. The number of rotatable bonds is 4. The summed E-state index contributed by atoms with van der Waals surface area (Å²) >= 11 is 0. The molecule has 110 valence electrons. The van der Waals surface area contributed by atoms with Crippen molar-refractivity contribution < 1.29 is 23.4 Å². The molecule has 0 aliphatic heterocycles. The van der Waals surface area contributed by atoms with Gasteiger partial charge in [-0.15, -0.1) is 0 Å². The van der Waals surface area contributed by atoms with E-state index in [2.05, 4.69) is 4.72 Å². The molecule has 2 atom stereocenters. The van der Waals surface area contributed by atoms with E-state index < -0.39 is 28.1 Å². The first kappa shape index (κ1) is 15.0. The summed E-state index contributed by atoms with van der Waals surface area (Å²) in [5, 5.41) is 18.6. The lowest BCUT2D eigenvalue weighted by Gasteiger charge is -2.28. The van der Waals surface area contributed by atoms with E-state index >= 15 is 0 Å². The molecule has 1 aliphatic rings. The summed E-state index contributed by atoms with van der Waals surface area (Å²) in [5.41, 5.74) is 0.0293. The van der Waals surface area contributed by atoms with Crippen molar-refractivity contribution >= 4 is 16.0 Å². The van der Waals surface area contributed by atoms with E-state index in [-0.39, 0.29) is 10.5 Å². The second-order valence-corrected chi connectivity index (χ2v) is 6.62. The fourth-order valence-electron chi connectivity index (χ4n) is 2.29. The Morgan fingerprint density at radius 2 is 1.75 bits per heavy atom. The zero-order chi connectivity index (χ0) is 14.8. The Bertz CT molecular complexity index is 581. The molecule has 0 unspecified atom stereocenters. The minimum atomic E-state index is -3.74. The topological polar surface area (TPSA) is 104 Å². The zero-order valence-corrected chi connectivity index (χ0v) is 11.6. The highest BCUT2D eigenvalue weighted by atomic mass is 32.2. The van der Waals surface area contributed by atoms with Crippen molar-refractivity contribution in [2.24, 2.45) is 0 Å². The number of carboxylic acid groups (broad SMARTS) is 1. The normalized spacial score (nSPS) is 23.4. The second kappa shape index (κ2) is 5.90. The van der Waals surface area contributed by atoms with Crippen LogP contribution in [0.3, 0.4) is 0 Å². The molecule has 20 heavy (non-hydrogen) atoms. The van der Waals surface area contributed by atoms with Crippen LogP contribution in [0.1, 0.15) is 36.0 Å². The van der Waals surface area contributed by atoms with Gasteiger partial charge >= 0.3 is 5.97 Å². The van der Waals surface area contributed by atoms with E-state index in [9.17, 15) is 18.3 Å². The van der Waals surface area contributed by atoms with Gasteiger partial charge in [0.2, 0.25) is 10.0 Å². The second-order valence-electron chi connectivity index (χ2n) is 4.91. The minimum absolute atomic E-state index is 0.000253. The highest BCUT2D eigenvalue weighted by Gasteiger charge is 2.28. The summed E-state index contributed by atoms with van der Waals surface area (Å²) in [4.78, 5) is 10.7. The first-order valence-electron chi connectivity index (χ1n) is 6.44. The molecule has 1 fully saturated rings. The summed E-state index contributed by atoms with van der Waals surface area (Å²) in [6.07, 6.45) is 2.30. The van der Waals surface area contributed by atoms with Crippen molar-refractivity contribution in [2.45, 2.75) is 42.7 Å². The van der Waals surface area contributed by atoms with Gasteiger partial charge in [0.25, 0.3) is 0 Å². The third kappa shape index (κ3) is 3.36. The number of benzene rings is 1. The van der Waals surface area contributed by atoms with E-state index in [1.165, 1.54) is 24.3 Å². The number of aromatic carboxylic acids is 1. The van der Waals surface area contributed by atoms with Crippen LogP contribution in [0, 0.1) is 0 Å². The van der Waals surface area contributed by atoms with Crippen LogP contribution in [0.15, 0.2) is 29.2 Å². The van der Waals surface area contributed by atoms with E-state index in [0.717, 1.165) is 12.8 Å². The van der Waals surface area contributed by atoms with Crippen molar-refractivity contribution in [2.75, 3.05) is 0 Å². The molecule has 0 saturated heterocycles. The molecule has 0 amide bonds. The van der Waals surface area contributed by atoms with Crippen LogP contribution >= 0.6 is 0 Å². The molecule has 0 aromatic heterocycles. The van der Waals surface area contributed by atoms with E-state index in [0.29, 0.717) is 12.8 Å². The number of sulfonamides is 1. The molecule has 6 nitrogen and oxygen atoms in total. The van der Waals surface area contributed by atoms with Gasteiger partial charge in [0.15, 0.2) is 0 Å². The summed E-state index contributed by atoms with van der Waals surface area (Å²) < 4.78 is 26.8. The Kier molecular flexibility index (Phi) is 4.42. The van der Waals surface area contributed by atoms with E-state index in [1.54, 1.807) is 0 Å². The number of aliphatic hydroxyl groups is 1. The Balaban J connectivity index is 2.15. The summed E-state index contributed by atoms with van der Waals surface area (Å²) in [5.74, 6) is -1.11. The van der Waals surface area contributed by atoms with Crippen molar-refractivity contribution in [3.8, 4) is 0 Å². The predicted molar refractivity (Wildman–Crippen MR) is 72.0 cm³/mol. The van der Waals surface area contributed by atoms with Crippen LogP contribution < -0.4 is 4.72 Å². The molecule has 7 heteroatoms. The number of hydrogen-bond acceptors (Lipinski definition) is 4. The molecule has 2 rings (SSSR count). The first-order chi connectivity index (χ1) is 9.40. The molecule has 3 N–H and O–H groups in total. The van der Waals surface area contributed by atoms with Crippen molar-refractivity contribution in [1.82, 2.24) is 4.72 Å². The molecule has 0 radical (unpaired) electrons. The third-order valence-electron chi connectivity index (χ3n) is 3.45. The summed E-state index contributed by atoms with van der Waals surface area (Å²) in [6.45, 7) is 0. The lowest BCUT2D eigenvalue weighted by atomic mass is 9.93. The van der Waals surface area contributed by atoms with Gasteiger partial charge in [0.05, 0.1) is 16.6 Å². The minimum Gasteiger partial charge on any atom is -0.478 e. The number of carbonyl (C=O) groups is 1. The van der Waals surface area contributed by atoms with Crippen LogP contribution in [0.25, 0.3) is 0 Å². The lowest BCUT2D eigenvalue weighted by Crippen LogP contribution is -2.44. The van der Waals surface area contributed by atoms with Crippen LogP contribution in [-0.4, -0.2) is 36.7 Å². The monoisotopic (exact) mass is 299 g/mol. The number of hydrogen-bond donors (Lipinski definition) is 3. The largest absolute Gasteiger partial charge is 0.478 e. The molecule has 0 bridgehead atoms. The van der Waals surface area contributed by atoms with Crippen LogP contribution in [0.5, 0.6) is 0 Å². The summed E-state index contributed by atoms with van der Waals surface area (Å²) in [6, 6.07) is 4.51. The average Bonchev–Trinajstić information content (AvgIpc) is 2.41. The smallest absolute Gasteiger partial charge is 0.335 e. The van der Waals surface area contributed by atoms with Gasteiger partial charge in [-0.2, -0.15) is 0 Å². The average molecular weight is 299 g/mol. The van der Waals surface area contributed by atoms with Crippen molar-refractivity contribution in [3.63, 3.8) is 0 Å². The van der Waals surface area contributed by atoms with Crippen LogP contribution in [0.2, 0.25) is 0 Å². The van der Waals surface area contributed by atoms with Gasteiger partial charge in [0.1, 0.15) is 0 Å². The maximum absolute atomic E-state index is 12.2. The van der Waals surface area contributed by atoms with Crippen molar-refractivity contribution in [3.05, 3.63) is 29.8 Å². The van der Waals surface area contributed by atoms with Gasteiger partial charge in [0, 0.05) is 6.04 Å². The Morgan fingerprint density at radius 1 is 1.15 bits per heavy atom. The van der Waals surface area contributed by atoms with Gasteiger partial charge in [-0.3, -0.25) is 0 Å². The fourth-order valence-corrected chi connectivity index (χ4v) is 3.60. The molecule has 1 aromatic carbocycles. The molecule has 1 aliphatic carbocycles. The maximum Gasteiger partial charge on any atom is 0.335 e. The SMILES string of the molecule is O=C(O)c1ccc(S(=O)(=O)N[C@@H]2CCCC[C@H]2O)cc1. The van der Waals surface area contributed by atoms with Gasteiger partial charge in [-0.1, -0.05) is 12.8 Å². The number of nitrogens with one attached hydrogen (secondary N) is 1. The zero-order valence-electron chi connectivity index (χ0n) is 10.8. The van der Waals surface area contributed by atoms with Crippen LogP contribution in [0.4, 0.5) is 0 Å². The quantitative estimate of drug-likeness (QED) is 0.768. The number of aliphatic hydroxyl groups excluding tert-OH is 1. The maximum atomic E-state index is 12.2.